The first-order valence-corrected chi connectivity index (χ1v) is 13.1. The zero-order chi connectivity index (χ0) is 22.7. The summed E-state index contributed by atoms with van der Waals surface area (Å²) in [5, 5.41) is 6.65. The minimum atomic E-state index is 0.233. The van der Waals surface area contributed by atoms with Gasteiger partial charge in [-0.15, -0.1) is 0 Å². The number of nitrogens with zero attached hydrogens (tertiary/aromatic N) is 3. The third-order valence-corrected chi connectivity index (χ3v) is 8.03. The summed E-state index contributed by atoms with van der Waals surface area (Å²) < 4.78 is 12.2. The molecule has 0 saturated heterocycles. The normalized spacial score (nSPS) is 21.7. The standard InChI is InChI=1S/C24H31Cl2N3O2S/c1-4-32-24(27-2)29(3)16-10-12-17(13-11-16)30-14-18-22(28-31-23(18)15-8-9-15)21-19(25)6-5-7-20(21)26/h5-7,15-17H,4,8-14H2,1-3H3/b27-24-/t16-,17+. The Morgan fingerprint density at radius 2 is 1.88 bits per heavy atom. The molecule has 2 aromatic rings. The van der Waals surface area contributed by atoms with Gasteiger partial charge in [-0.25, -0.2) is 0 Å². The molecule has 5 nitrogen and oxygen atoms in total. The lowest BCUT2D eigenvalue weighted by Crippen LogP contribution is -2.39. The van der Waals surface area contributed by atoms with Crippen molar-refractivity contribution in [2.24, 2.45) is 4.99 Å². The predicted octanol–water partition coefficient (Wildman–Crippen LogP) is 7.02. The quantitative estimate of drug-likeness (QED) is 0.304. The van der Waals surface area contributed by atoms with Crippen LogP contribution in [0.1, 0.15) is 62.7 Å². The van der Waals surface area contributed by atoms with Crippen molar-refractivity contribution in [1.82, 2.24) is 10.1 Å². The van der Waals surface area contributed by atoms with Crippen molar-refractivity contribution >= 4 is 40.1 Å². The van der Waals surface area contributed by atoms with Crippen LogP contribution in [0.25, 0.3) is 11.3 Å². The lowest BCUT2D eigenvalue weighted by Gasteiger charge is -2.36. The Hall–Kier alpha value is -1.21. The number of benzene rings is 1. The van der Waals surface area contributed by atoms with E-state index in [1.807, 2.05) is 25.2 Å². The molecule has 0 bridgehead atoms. The van der Waals surface area contributed by atoms with Crippen LogP contribution in [-0.4, -0.2) is 47.2 Å². The average molecular weight is 497 g/mol. The Kier molecular flexibility index (Phi) is 8.09. The zero-order valence-corrected chi connectivity index (χ0v) is 21.3. The van der Waals surface area contributed by atoms with Crippen LogP contribution in [0.3, 0.4) is 0 Å². The maximum absolute atomic E-state index is 6.47. The van der Waals surface area contributed by atoms with E-state index in [0.29, 0.717) is 28.6 Å². The number of halogens is 2. The van der Waals surface area contributed by atoms with Crippen LogP contribution in [0, 0.1) is 0 Å². The van der Waals surface area contributed by atoms with Crippen LogP contribution >= 0.6 is 35.0 Å². The van der Waals surface area contributed by atoms with Crippen molar-refractivity contribution in [2.45, 2.75) is 70.1 Å². The van der Waals surface area contributed by atoms with E-state index in [2.05, 4.69) is 29.0 Å². The molecule has 0 N–H and O–H groups in total. The number of hydrogen-bond donors (Lipinski definition) is 0. The van der Waals surface area contributed by atoms with E-state index in [9.17, 15) is 0 Å². The lowest BCUT2D eigenvalue weighted by atomic mass is 9.92. The smallest absolute Gasteiger partial charge is 0.158 e. The molecule has 0 spiro atoms. The Labute approximate surface area is 204 Å². The van der Waals surface area contributed by atoms with Crippen molar-refractivity contribution in [3.05, 3.63) is 39.6 Å². The molecule has 8 heteroatoms. The summed E-state index contributed by atoms with van der Waals surface area (Å²) in [6, 6.07) is 6.03. The SMILES string of the molecule is CCS/C(=N\C)N(C)[C@H]1CC[C@@H](OCc2c(-c3c(Cl)cccc3Cl)noc2C2CC2)CC1. The highest BCUT2D eigenvalue weighted by Gasteiger charge is 2.34. The van der Waals surface area contributed by atoms with Crippen molar-refractivity contribution < 1.29 is 9.26 Å². The average Bonchev–Trinajstić information content (AvgIpc) is 3.56. The van der Waals surface area contributed by atoms with E-state index in [1.54, 1.807) is 11.8 Å². The summed E-state index contributed by atoms with van der Waals surface area (Å²) in [6.45, 7) is 2.64. The fourth-order valence-corrected chi connectivity index (χ4v) is 5.77. The number of aromatic nitrogens is 1. The van der Waals surface area contributed by atoms with E-state index >= 15 is 0 Å². The molecular weight excluding hydrogens is 465 g/mol. The van der Waals surface area contributed by atoms with Crippen LogP contribution in [0.2, 0.25) is 10.0 Å². The second kappa shape index (κ2) is 10.8. The second-order valence-corrected chi connectivity index (χ2v) is 10.6. The van der Waals surface area contributed by atoms with Crippen LogP contribution in [-0.2, 0) is 11.3 Å². The minimum absolute atomic E-state index is 0.233. The zero-order valence-electron chi connectivity index (χ0n) is 18.9. The molecule has 0 amide bonds. The molecule has 0 radical (unpaired) electrons. The van der Waals surface area contributed by atoms with Crippen molar-refractivity contribution in [3.63, 3.8) is 0 Å². The van der Waals surface area contributed by atoms with Crippen LogP contribution < -0.4 is 0 Å². The molecule has 0 unspecified atom stereocenters. The molecule has 2 saturated carbocycles. The molecule has 174 valence electrons. The van der Waals surface area contributed by atoms with Gasteiger partial charge in [0, 0.05) is 37.2 Å². The number of rotatable bonds is 7. The van der Waals surface area contributed by atoms with E-state index in [0.717, 1.165) is 72.0 Å². The Morgan fingerprint density at radius 1 is 1.19 bits per heavy atom. The van der Waals surface area contributed by atoms with Crippen LogP contribution in [0.15, 0.2) is 27.7 Å². The Balaban J connectivity index is 1.42. The monoisotopic (exact) mass is 495 g/mol. The molecule has 2 aliphatic carbocycles. The fraction of sp³-hybridized carbons (Fsp3) is 0.583. The molecule has 0 atom stereocenters. The summed E-state index contributed by atoms with van der Waals surface area (Å²) in [6.07, 6.45) is 6.78. The largest absolute Gasteiger partial charge is 0.373 e. The number of aliphatic imine (C=N–C) groups is 1. The van der Waals surface area contributed by atoms with Gasteiger partial charge in [-0.05, 0) is 56.4 Å². The first-order valence-electron chi connectivity index (χ1n) is 11.4. The number of hydrogen-bond acceptors (Lipinski definition) is 5. The molecule has 0 aliphatic heterocycles. The molecule has 2 aliphatic rings. The lowest BCUT2D eigenvalue weighted by molar-refractivity contribution is 0.00577. The van der Waals surface area contributed by atoms with E-state index in [4.69, 9.17) is 32.5 Å². The van der Waals surface area contributed by atoms with Crippen molar-refractivity contribution in [3.8, 4) is 11.3 Å². The highest BCUT2D eigenvalue weighted by atomic mass is 35.5. The Morgan fingerprint density at radius 3 is 2.47 bits per heavy atom. The number of amidine groups is 1. The molecule has 1 aromatic carbocycles. The van der Waals surface area contributed by atoms with E-state index in [-0.39, 0.29) is 6.10 Å². The summed E-state index contributed by atoms with van der Waals surface area (Å²) in [5.74, 6) is 2.41. The fourth-order valence-electron chi connectivity index (χ4n) is 4.46. The number of ether oxygens (including phenoxy) is 1. The van der Waals surface area contributed by atoms with Gasteiger partial charge in [-0.3, -0.25) is 4.99 Å². The molecule has 1 heterocycles. The van der Waals surface area contributed by atoms with Gasteiger partial charge < -0.3 is 14.2 Å². The predicted molar refractivity (Wildman–Crippen MR) is 134 cm³/mol. The first-order chi connectivity index (χ1) is 15.5. The molecular formula is C24H31Cl2N3O2S. The van der Waals surface area contributed by atoms with Gasteiger partial charge in [0.15, 0.2) is 5.17 Å². The minimum Gasteiger partial charge on any atom is -0.373 e. The van der Waals surface area contributed by atoms with Gasteiger partial charge in [0.2, 0.25) is 0 Å². The molecule has 1 aromatic heterocycles. The summed E-state index contributed by atoms with van der Waals surface area (Å²) in [7, 11) is 4.04. The van der Waals surface area contributed by atoms with E-state index in [1.165, 1.54) is 0 Å². The number of thioether (sulfide) groups is 1. The molecule has 32 heavy (non-hydrogen) atoms. The highest BCUT2D eigenvalue weighted by molar-refractivity contribution is 8.13. The van der Waals surface area contributed by atoms with Crippen LogP contribution in [0.4, 0.5) is 0 Å². The molecule has 2 fully saturated rings. The topological polar surface area (TPSA) is 50.9 Å². The summed E-state index contributed by atoms with van der Waals surface area (Å²) in [5.41, 5.74) is 2.45. The van der Waals surface area contributed by atoms with Crippen molar-refractivity contribution in [2.75, 3.05) is 19.8 Å². The maximum Gasteiger partial charge on any atom is 0.158 e. The van der Waals surface area contributed by atoms with Gasteiger partial charge in [0.05, 0.1) is 22.8 Å². The van der Waals surface area contributed by atoms with Gasteiger partial charge in [-0.2, -0.15) is 0 Å². The van der Waals surface area contributed by atoms with Crippen molar-refractivity contribution in [1.29, 1.82) is 0 Å². The van der Waals surface area contributed by atoms with Gasteiger partial charge in [-0.1, -0.05) is 53.1 Å². The van der Waals surface area contributed by atoms with Gasteiger partial charge in [0.1, 0.15) is 11.5 Å². The maximum atomic E-state index is 6.47. The van der Waals surface area contributed by atoms with Crippen LogP contribution in [0.5, 0.6) is 0 Å². The first kappa shape index (κ1) is 23.9. The highest BCUT2D eigenvalue weighted by Crippen LogP contribution is 2.46. The summed E-state index contributed by atoms with van der Waals surface area (Å²) in [4.78, 5) is 6.80. The van der Waals surface area contributed by atoms with Gasteiger partial charge >= 0.3 is 0 Å². The van der Waals surface area contributed by atoms with Gasteiger partial charge in [0.25, 0.3) is 0 Å². The van der Waals surface area contributed by atoms with E-state index < -0.39 is 0 Å². The summed E-state index contributed by atoms with van der Waals surface area (Å²) >= 11 is 14.7. The third-order valence-electron chi connectivity index (χ3n) is 6.39. The second-order valence-electron chi connectivity index (χ2n) is 8.54. The third kappa shape index (κ3) is 5.30. The Bertz CT molecular complexity index is 932. The molecule has 4 rings (SSSR count).